The average molecular weight is 260 g/mol. The SMILES string of the molecule is Cc1ccc(Nc2cc(C(=O)O)c(N)cc2F)cc1. The van der Waals surface area contributed by atoms with Crippen LogP contribution in [0.4, 0.5) is 21.5 Å². The quantitative estimate of drug-likeness (QED) is 0.741. The van der Waals surface area contributed by atoms with Gasteiger partial charge in [-0.2, -0.15) is 0 Å². The second-order valence-corrected chi connectivity index (χ2v) is 4.22. The second kappa shape index (κ2) is 4.97. The first-order valence-corrected chi connectivity index (χ1v) is 5.63. The van der Waals surface area contributed by atoms with Gasteiger partial charge in [0.1, 0.15) is 5.82 Å². The van der Waals surface area contributed by atoms with Crippen LogP contribution in [0.3, 0.4) is 0 Å². The zero-order valence-corrected chi connectivity index (χ0v) is 10.3. The van der Waals surface area contributed by atoms with E-state index in [-0.39, 0.29) is 16.9 Å². The highest BCUT2D eigenvalue weighted by molar-refractivity contribution is 5.95. The molecule has 0 aromatic heterocycles. The summed E-state index contributed by atoms with van der Waals surface area (Å²) in [5, 5.41) is 11.8. The maximum atomic E-state index is 13.7. The Morgan fingerprint density at radius 2 is 1.89 bits per heavy atom. The maximum Gasteiger partial charge on any atom is 0.337 e. The lowest BCUT2D eigenvalue weighted by molar-refractivity contribution is 0.0698. The second-order valence-electron chi connectivity index (χ2n) is 4.22. The first-order valence-electron chi connectivity index (χ1n) is 5.63. The van der Waals surface area contributed by atoms with Crippen LogP contribution in [0.25, 0.3) is 0 Å². The highest BCUT2D eigenvalue weighted by atomic mass is 19.1. The highest BCUT2D eigenvalue weighted by Crippen LogP contribution is 2.25. The summed E-state index contributed by atoms with van der Waals surface area (Å²) in [5.74, 6) is -1.78. The molecule has 98 valence electrons. The predicted octanol–water partition coefficient (Wildman–Crippen LogP) is 3.16. The Bertz CT molecular complexity index is 624. The molecule has 0 atom stereocenters. The zero-order valence-electron chi connectivity index (χ0n) is 10.3. The normalized spacial score (nSPS) is 10.2. The fourth-order valence-electron chi connectivity index (χ4n) is 1.66. The van der Waals surface area contributed by atoms with Gasteiger partial charge in [-0.15, -0.1) is 0 Å². The molecule has 0 spiro atoms. The van der Waals surface area contributed by atoms with Crippen LogP contribution in [-0.2, 0) is 0 Å². The van der Waals surface area contributed by atoms with Gasteiger partial charge in [-0.3, -0.25) is 0 Å². The standard InChI is InChI=1S/C14H13FN2O2/c1-8-2-4-9(5-3-8)17-13-6-10(14(18)19)12(16)7-11(13)15/h2-7,17H,16H2,1H3,(H,18,19). The summed E-state index contributed by atoms with van der Waals surface area (Å²) in [6, 6.07) is 9.50. The van der Waals surface area contributed by atoms with Gasteiger partial charge in [0.25, 0.3) is 0 Å². The van der Waals surface area contributed by atoms with E-state index in [9.17, 15) is 9.18 Å². The molecule has 2 aromatic carbocycles. The molecule has 19 heavy (non-hydrogen) atoms. The first-order chi connectivity index (χ1) is 8.97. The lowest BCUT2D eigenvalue weighted by atomic mass is 10.1. The number of aryl methyl sites for hydroxylation is 1. The molecule has 0 unspecified atom stereocenters. The van der Waals surface area contributed by atoms with Crippen molar-refractivity contribution in [2.75, 3.05) is 11.1 Å². The topological polar surface area (TPSA) is 75.3 Å². The van der Waals surface area contributed by atoms with Gasteiger partial charge in [-0.1, -0.05) is 17.7 Å². The molecular weight excluding hydrogens is 247 g/mol. The van der Waals surface area contributed by atoms with Crippen LogP contribution in [0.15, 0.2) is 36.4 Å². The van der Waals surface area contributed by atoms with Crippen molar-refractivity contribution in [3.63, 3.8) is 0 Å². The number of benzene rings is 2. The fourth-order valence-corrected chi connectivity index (χ4v) is 1.66. The third-order valence-corrected chi connectivity index (χ3v) is 2.70. The molecule has 0 radical (unpaired) electrons. The van der Waals surface area contributed by atoms with Crippen LogP contribution in [0, 0.1) is 12.7 Å². The molecule has 0 amide bonds. The van der Waals surface area contributed by atoms with Gasteiger partial charge in [0.05, 0.1) is 11.3 Å². The van der Waals surface area contributed by atoms with Gasteiger partial charge >= 0.3 is 5.97 Å². The summed E-state index contributed by atoms with van der Waals surface area (Å²) in [7, 11) is 0. The van der Waals surface area contributed by atoms with E-state index < -0.39 is 11.8 Å². The Kier molecular flexibility index (Phi) is 3.37. The largest absolute Gasteiger partial charge is 0.478 e. The third-order valence-electron chi connectivity index (χ3n) is 2.70. The number of rotatable bonds is 3. The molecule has 0 bridgehead atoms. The number of nitrogens with two attached hydrogens (primary N) is 1. The molecule has 0 saturated heterocycles. The van der Waals surface area contributed by atoms with Gasteiger partial charge in [0.15, 0.2) is 0 Å². The summed E-state index contributed by atoms with van der Waals surface area (Å²) in [5.41, 5.74) is 7.06. The highest BCUT2D eigenvalue weighted by Gasteiger charge is 2.13. The number of carbonyl (C=O) groups is 1. The number of carboxylic acids is 1. The molecule has 0 heterocycles. The fraction of sp³-hybridized carbons (Fsp3) is 0.0714. The number of aromatic carboxylic acids is 1. The Labute approximate surface area is 109 Å². The average Bonchev–Trinajstić information content (AvgIpc) is 2.34. The summed E-state index contributed by atoms with van der Waals surface area (Å²) in [6.45, 7) is 1.94. The Balaban J connectivity index is 2.37. The van der Waals surface area contributed by atoms with Crippen molar-refractivity contribution in [2.24, 2.45) is 0 Å². The summed E-state index contributed by atoms with van der Waals surface area (Å²) in [4.78, 5) is 11.0. The monoisotopic (exact) mass is 260 g/mol. The number of hydrogen-bond acceptors (Lipinski definition) is 3. The molecule has 5 heteroatoms. The van der Waals surface area contributed by atoms with Gasteiger partial charge in [-0.25, -0.2) is 9.18 Å². The van der Waals surface area contributed by atoms with Crippen LogP contribution >= 0.6 is 0 Å². The van der Waals surface area contributed by atoms with Crippen molar-refractivity contribution < 1.29 is 14.3 Å². The van der Waals surface area contributed by atoms with Crippen LogP contribution in [0.1, 0.15) is 15.9 Å². The molecule has 0 fully saturated rings. The van der Waals surface area contributed by atoms with Gasteiger partial charge in [0.2, 0.25) is 0 Å². The van der Waals surface area contributed by atoms with Crippen molar-refractivity contribution in [3.8, 4) is 0 Å². The molecule has 0 saturated carbocycles. The van der Waals surface area contributed by atoms with Crippen molar-refractivity contribution in [3.05, 3.63) is 53.3 Å². The van der Waals surface area contributed by atoms with E-state index in [0.29, 0.717) is 5.69 Å². The molecule has 0 aliphatic carbocycles. The van der Waals surface area contributed by atoms with E-state index in [1.54, 1.807) is 12.1 Å². The summed E-state index contributed by atoms with van der Waals surface area (Å²) < 4.78 is 13.7. The number of carboxylic acid groups (broad SMARTS) is 1. The van der Waals surface area contributed by atoms with Crippen molar-refractivity contribution in [1.29, 1.82) is 0 Å². The van der Waals surface area contributed by atoms with Gasteiger partial charge < -0.3 is 16.2 Å². The molecule has 2 aromatic rings. The molecule has 0 aliphatic rings. The molecule has 4 nitrogen and oxygen atoms in total. The predicted molar refractivity (Wildman–Crippen MR) is 72.2 cm³/mol. The molecule has 2 rings (SSSR count). The van der Waals surface area contributed by atoms with E-state index >= 15 is 0 Å². The molecular formula is C14H13FN2O2. The van der Waals surface area contributed by atoms with Crippen LogP contribution in [0.2, 0.25) is 0 Å². The number of hydrogen-bond donors (Lipinski definition) is 3. The number of nitrogens with one attached hydrogen (secondary N) is 1. The van der Waals surface area contributed by atoms with Crippen LogP contribution in [0.5, 0.6) is 0 Å². The van der Waals surface area contributed by atoms with E-state index in [0.717, 1.165) is 11.6 Å². The summed E-state index contributed by atoms with van der Waals surface area (Å²) in [6.07, 6.45) is 0. The van der Waals surface area contributed by atoms with Crippen molar-refractivity contribution in [1.82, 2.24) is 0 Å². The smallest absolute Gasteiger partial charge is 0.337 e. The Morgan fingerprint density at radius 3 is 2.47 bits per heavy atom. The maximum absolute atomic E-state index is 13.7. The Morgan fingerprint density at radius 1 is 1.26 bits per heavy atom. The minimum Gasteiger partial charge on any atom is -0.478 e. The zero-order chi connectivity index (χ0) is 14.0. The van der Waals surface area contributed by atoms with Gasteiger partial charge in [-0.05, 0) is 31.2 Å². The van der Waals surface area contributed by atoms with Crippen LogP contribution < -0.4 is 11.1 Å². The van der Waals surface area contributed by atoms with Crippen LogP contribution in [-0.4, -0.2) is 11.1 Å². The lowest BCUT2D eigenvalue weighted by Gasteiger charge is -2.10. The summed E-state index contributed by atoms with van der Waals surface area (Å²) >= 11 is 0. The van der Waals surface area contributed by atoms with E-state index in [2.05, 4.69) is 5.32 Å². The number of halogens is 1. The molecule has 0 aliphatic heterocycles. The first kappa shape index (κ1) is 12.9. The van der Waals surface area contributed by atoms with E-state index in [1.165, 1.54) is 6.07 Å². The number of nitrogen functional groups attached to an aromatic ring is 1. The van der Waals surface area contributed by atoms with E-state index in [1.807, 2.05) is 19.1 Å². The number of anilines is 3. The Hall–Kier alpha value is -2.56. The van der Waals surface area contributed by atoms with Gasteiger partial charge in [0, 0.05) is 11.4 Å². The third kappa shape index (κ3) is 2.82. The van der Waals surface area contributed by atoms with Crippen molar-refractivity contribution >= 4 is 23.0 Å². The minimum atomic E-state index is -1.19. The lowest BCUT2D eigenvalue weighted by Crippen LogP contribution is -2.05. The minimum absolute atomic E-state index is 0.0791. The molecule has 4 N–H and O–H groups in total. The van der Waals surface area contributed by atoms with Crippen molar-refractivity contribution in [2.45, 2.75) is 6.92 Å². The van der Waals surface area contributed by atoms with E-state index in [4.69, 9.17) is 10.8 Å².